The van der Waals surface area contributed by atoms with Crippen LogP contribution in [0.2, 0.25) is 0 Å². The molecule has 0 aliphatic rings. The molecule has 5 aromatic rings. The van der Waals surface area contributed by atoms with Crippen LogP contribution in [0, 0.1) is 0 Å². The van der Waals surface area contributed by atoms with E-state index in [4.69, 9.17) is 0 Å². The summed E-state index contributed by atoms with van der Waals surface area (Å²) in [6, 6.07) is 45.3. The fourth-order valence-corrected chi connectivity index (χ4v) is 12.8. The maximum atomic E-state index is 2.36. The topological polar surface area (TPSA) is 0 Å². The van der Waals surface area contributed by atoms with Crippen LogP contribution in [0.25, 0.3) is 0 Å². The molecule has 0 radical (unpaired) electrons. The molecule has 3 heteroatoms. The average molecular weight is 565 g/mol. The van der Waals surface area contributed by atoms with Gasteiger partial charge in [0.15, 0.2) is 0 Å². The minimum atomic E-state index is -0.685. The maximum Gasteiger partial charge on any atom is 0.0138 e. The lowest BCUT2D eigenvalue weighted by Gasteiger charge is -2.27. The summed E-state index contributed by atoms with van der Waals surface area (Å²) in [6.07, 6.45) is 7.25. The van der Waals surface area contributed by atoms with Crippen LogP contribution in [0.1, 0.15) is 49.3 Å². The van der Waals surface area contributed by atoms with Gasteiger partial charge in [-0.1, -0.05) is 148 Å². The first-order valence-electron chi connectivity index (χ1n) is 14.3. The van der Waals surface area contributed by atoms with Gasteiger partial charge in [-0.2, -0.15) is 0 Å². The van der Waals surface area contributed by atoms with E-state index in [-0.39, 0.29) is 0 Å². The lowest BCUT2D eigenvalue weighted by atomic mass is 10.2. The second-order valence-corrected chi connectivity index (χ2v) is 15.4. The van der Waals surface area contributed by atoms with Crippen molar-refractivity contribution < 1.29 is 0 Å². The van der Waals surface area contributed by atoms with Gasteiger partial charge in [-0.25, -0.2) is 0 Å². The van der Waals surface area contributed by atoms with Crippen molar-refractivity contribution in [1.82, 2.24) is 0 Å². The van der Waals surface area contributed by atoms with Gasteiger partial charge in [0.2, 0.25) is 0 Å². The average Bonchev–Trinajstić information content (AvgIpc) is 3.34. The first kappa shape index (κ1) is 28.0. The highest BCUT2D eigenvalue weighted by Crippen LogP contribution is 2.44. The highest BCUT2D eigenvalue weighted by Gasteiger charge is 2.32. The lowest BCUT2D eigenvalue weighted by molar-refractivity contribution is 0.804. The Labute approximate surface area is 241 Å². The predicted molar refractivity (Wildman–Crippen MR) is 179 cm³/mol. The van der Waals surface area contributed by atoms with E-state index in [1.54, 1.807) is 20.4 Å². The van der Waals surface area contributed by atoms with Gasteiger partial charge in [-0.3, -0.25) is 0 Å². The largest absolute Gasteiger partial charge is 0.144 e. The predicted octanol–water partition coefficient (Wildman–Crippen LogP) is 7.95. The van der Waals surface area contributed by atoms with E-state index < -0.39 is 15.8 Å². The zero-order chi connectivity index (χ0) is 26.9. The first-order valence-corrected chi connectivity index (χ1v) is 17.8. The molecule has 0 spiro atoms. The summed E-state index contributed by atoms with van der Waals surface area (Å²) in [5.74, 6) is 0. The van der Waals surface area contributed by atoms with Gasteiger partial charge in [0, 0.05) is 20.4 Å². The molecule has 0 unspecified atom stereocenters. The van der Waals surface area contributed by atoms with Crippen LogP contribution in [-0.4, -0.2) is 0 Å². The van der Waals surface area contributed by atoms with Gasteiger partial charge in [0.25, 0.3) is 0 Å². The Kier molecular flexibility index (Phi) is 10.2. The van der Waals surface area contributed by atoms with Crippen molar-refractivity contribution in [2.24, 2.45) is 0 Å². The molecule has 5 rings (SSSR count). The number of unbranched alkanes of at least 4 members (excludes halogenated alkanes) is 2. The van der Waals surface area contributed by atoms with E-state index in [0.29, 0.717) is 0 Å². The second kappa shape index (κ2) is 14.2. The summed E-state index contributed by atoms with van der Waals surface area (Å²) < 4.78 is 0. The third kappa shape index (κ3) is 6.61. The highest BCUT2D eigenvalue weighted by molar-refractivity contribution is 7.86. The third-order valence-electron chi connectivity index (χ3n) is 7.02. The standard InChI is InChI=1S/C36H38P2S/c1-3-5-27-33-35(37(29-19-11-7-12-20-29)30-21-13-8-14-22-30)36(34(39-33)28-6-4-2)38(31-23-15-9-16-24-31)32-25-17-10-18-26-32/h7-26H,3-6,27-28H2,1-2H3. The molecule has 1 aromatic heterocycles. The Balaban J connectivity index is 1.84. The SMILES string of the molecule is CCCCc1sc(CCCC)c(P(c2ccccc2)c2ccccc2)c1P(c1ccccc1)c1ccccc1. The summed E-state index contributed by atoms with van der Waals surface area (Å²) in [5, 5.41) is 9.10. The molecule has 0 atom stereocenters. The zero-order valence-corrected chi connectivity index (χ0v) is 25.7. The van der Waals surface area contributed by atoms with Crippen molar-refractivity contribution in [3.05, 3.63) is 131 Å². The van der Waals surface area contributed by atoms with E-state index in [9.17, 15) is 0 Å². The molecule has 0 N–H and O–H groups in total. The molecule has 0 nitrogen and oxygen atoms in total. The normalized spacial score (nSPS) is 11.4. The number of benzene rings is 4. The Morgan fingerprint density at radius 2 is 0.718 bits per heavy atom. The Morgan fingerprint density at radius 3 is 0.974 bits per heavy atom. The summed E-state index contributed by atoms with van der Waals surface area (Å²) in [7, 11) is -1.37. The van der Waals surface area contributed by atoms with E-state index in [1.807, 2.05) is 0 Å². The molecule has 198 valence electrons. The van der Waals surface area contributed by atoms with Gasteiger partial charge in [0.05, 0.1) is 0 Å². The second-order valence-electron chi connectivity index (χ2n) is 9.87. The summed E-state index contributed by atoms with van der Waals surface area (Å²) in [6.45, 7) is 4.65. The van der Waals surface area contributed by atoms with Crippen molar-refractivity contribution in [1.29, 1.82) is 0 Å². The van der Waals surface area contributed by atoms with E-state index in [1.165, 1.54) is 59.7 Å². The fraction of sp³-hybridized carbons (Fsp3) is 0.222. The molecule has 0 fully saturated rings. The molecule has 4 aromatic carbocycles. The van der Waals surface area contributed by atoms with Crippen LogP contribution in [0.5, 0.6) is 0 Å². The number of rotatable bonds is 12. The maximum absolute atomic E-state index is 2.36. The Hall–Kier alpha value is -2.56. The molecule has 0 saturated heterocycles. The van der Waals surface area contributed by atoms with E-state index in [2.05, 4.69) is 147 Å². The molecule has 0 amide bonds. The molecule has 0 aliphatic heterocycles. The first-order chi connectivity index (χ1) is 19.3. The smallest absolute Gasteiger partial charge is 0.0138 e. The van der Waals surface area contributed by atoms with Crippen LogP contribution in [0.3, 0.4) is 0 Å². The minimum Gasteiger partial charge on any atom is -0.144 e. The lowest BCUT2D eigenvalue weighted by Crippen LogP contribution is -2.35. The molecular weight excluding hydrogens is 526 g/mol. The molecule has 0 saturated carbocycles. The summed E-state index contributed by atoms with van der Waals surface area (Å²) in [5.41, 5.74) is 0. The summed E-state index contributed by atoms with van der Waals surface area (Å²) in [4.78, 5) is 3.24. The molecule has 1 heterocycles. The number of aryl methyl sites for hydroxylation is 2. The van der Waals surface area contributed by atoms with Crippen LogP contribution < -0.4 is 31.8 Å². The molecule has 39 heavy (non-hydrogen) atoms. The number of thiophene rings is 1. The summed E-state index contributed by atoms with van der Waals surface area (Å²) >= 11 is 2.13. The van der Waals surface area contributed by atoms with E-state index in [0.717, 1.165) is 0 Å². The Bertz CT molecular complexity index is 1220. The fourth-order valence-electron chi connectivity index (χ4n) is 5.11. The van der Waals surface area contributed by atoms with Crippen molar-refractivity contribution in [3.63, 3.8) is 0 Å². The van der Waals surface area contributed by atoms with Crippen LogP contribution in [-0.2, 0) is 12.8 Å². The highest BCUT2D eigenvalue weighted by atomic mass is 32.1. The van der Waals surface area contributed by atoms with Crippen molar-refractivity contribution in [3.8, 4) is 0 Å². The third-order valence-corrected chi connectivity index (χ3v) is 13.9. The van der Waals surface area contributed by atoms with Crippen molar-refractivity contribution in [2.75, 3.05) is 0 Å². The molecule has 0 aliphatic carbocycles. The van der Waals surface area contributed by atoms with Gasteiger partial charge in [-0.05, 0) is 62.7 Å². The number of hydrogen-bond donors (Lipinski definition) is 0. The minimum absolute atomic E-state index is 0.685. The van der Waals surface area contributed by atoms with E-state index >= 15 is 0 Å². The quantitative estimate of drug-likeness (QED) is 0.135. The zero-order valence-electron chi connectivity index (χ0n) is 23.1. The van der Waals surface area contributed by atoms with Crippen LogP contribution in [0.15, 0.2) is 121 Å². The Morgan fingerprint density at radius 1 is 0.436 bits per heavy atom. The van der Waals surface area contributed by atoms with Crippen molar-refractivity contribution >= 4 is 59.0 Å². The van der Waals surface area contributed by atoms with Gasteiger partial charge < -0.3 is 0 Å². The van der Waals surface area contributed by atoms with Crippen LogP contribution >= 0.6 is 27.2 Å². The van der Waals surface area contributed by atoms with Gasteiger partial charge in [0.1, 0.15) is 0 Å². The van der Waals surface area contributed by atoms with Crippen molar-refractivity contribution in [2.45, 2.75) is 52.4 Å². The monoisotopic (exact) mass is 564 g/mol. The molecule has 0 bridgehead atoms. The van der Waals surface area contributed by atoms with Gasteiger partial charge in [-0.15, -0.1) is 11.3 Å². The number of hydrogen-bond acceptors (Lipinski definition) is 1. The van der Waals surface area contributed by atoms with Crippen LogP contribution in [0.4, 0.5) is 0 Å². The molecular formula is C36H38P2S. The van der Waals surface area contributed by atoms with Gasteiger partial charge >= 0.3 is 0 Å².